The summed E-state index contributed by atoms with van der Waals surface area (Å²) in [6.07, 6.45) is 8.12. The zero-order chi connectivity index (χ0) is 17.2. The fourth-order valence-corrected chi connectivity index (χ4v) is 3.04. The number of nitrogens with zero attached hydrogens (tertiary/aromatic N) is 2. The molecule has 2 aliphatic rings. The number of hydrogen-bond acceptors (Lipinski definition) is 5. The molecule has 0 saturated carbocycles. The molecule has 25 heavy (non-hydrogen) atoms. The Bertz CT molecular complexity index is 1010. The van der Waals surface area contributed by atoms with Gasteiger partial charge < -0.3 is 14.2 Å². The lowest BCUT2D eigenvalue weighted by atomic mass is 9.95. The second-order valence-corrected chi connectivity index (χ2v) is 5.54. The highest BCUT2D eigenvalue weighted by atomic mass is 19.1. The van der Waals surface area contributed by atoms with Gasteiger partial charge in [-0.25, -0.2) is 14.4 Å². The quantitative estimate of drug-likeness (QED) is 0.840. The summed E-state index contributed by atoms with van der Waals surface area (Å²) < 4.78 is 30.1. The first-order valence-electron chi connectivity index (χ1n) is 7.77. The number of ether oxygens (including phenoxy) is 3. The molecule has 0 amide bonds. The Kier molecular flexibility index (Phi) is 3.93. The van der Waals surface area contributed by atoms with E-state index in [0.717, 1.165) is 27.1 Å². The van der Waals surface area contributed by atoms with Crippen LogP contribution in [0.1, 0.15) is 6.42 Å². The molecular formula is C19H15FN2O3. The summed E-state index contributed by atoms with van der Waals surface area (Å²) in [6.45, 7) is 0.0318. The molecule has 0 spiro atoms. The van der Waals surface area contributed by atoms with E-state index in [2.05, 4.69) is 9.97 Å². The van der Waals surface area contributed by atoms with Crippen LogP contribution in [0.2, 0.25) is 0 Å². The first-order valence-corrected chi connectivity index (χ1v) is 7.77. The van der Waals surface area contributed by atoms with E-state index in [0.29, 0.717) is 18.1 Å². The Morgan fingerprint density at radius 3 is 3.04 bits per heavy atom. The Morgan fingerprint density at radius 2 is 2.16 bits per heavy atom. The fraction of sp³-hybridized carbons (Fsp3) is 0.158. The van der Waals surface area contributed by atoms with Gasteiger partial charge in [0.2, 0.25) is 12.7 Å². The largest absolute Gasteiger partial charge is 0.480 e. The average Bonchev–Trinajstić information content (AvgIpc) is 2.63. The van der Waals surface area contributed by atoms with E-state index in [9.17, 15) is 4.39 Å². The van der Waals surface area contributed by atoms with E-state index in [1.54, 1.807) is 19.6 Å². The van der Waals surface area contributed by atoms with E-state index in [-0.39, 0.29) is 12.6 Å². The highest BCUT2D eigenvalue weighted by Crippen LogP contribution is 2.28. The zero-order valence-electron chi connectivity index (χ0n) is 13.5. The molecule has 6 heteroatoms. The van der Waals surface area contributed by atoms with Gasteiger partial charge in [0.15, 0.2) is 0 Å². The Morgan fingerprint density at radius 1 is 1.24 bits per heavy atom. The number of rotatable bonds is 2. The number of halogens is 1. The predicted molar refractivity (Wildman–Crippen MR) is 90.1 cm³/mol. The SMILES string of the molecule is COc1ncncc1-c1cccc2c1=C1CC=C(F)C=C1OCOC=2. The van der Waals surface area contributed by atoms with Crippen molar-refractivity contribution in [1.82, 2.24) is 9.97 Å². The summed E-state index contributed by atoms with van der Waals surface area (Å²) in [7, 11) is 1.56. The van der Waals surface area contributed by atoms with Crippen molar-refractivity contribution in [2.45, 2.75) is 6.42 Å². The van der Waals surface area contributed by atoms with Gasteiger partial charge >= 0.3 is 0 Å². The molecule has 2 aromatic rings. The van der Waals surface area contributed by atoms with E-state index >= 15 is 0 Å². The molecule has 5 nitrogen and oxygen atoms in total. The maximum Gasteiger partial charge on any atom is 0.230 e. The average molecular weight is 338 g/mol. The van der Waals surface area contributed by atoms with Gasteiger partial charge in [-0.3, -0.25) is 0 Å². The van der Waals surface area contributed by atoms with Crippen molar-refractivity contribution in [3.63, 3.8) is 0 Å². The van der Waals surface area contributed by atoms with Crippen LogP contribution in [0.4, 0.5) is 4.39 Å². The van der Waals surface area contributed by atoms with Crippen LogP contribution in [0.15, 0.2) is 54.5 Å². The zero-order valence-corrected chi connectivity index (χ0v) is 13.5. The molecule has 0 N–H and O–H groups in total. The van der Waals surface area contributed by atoms with Crippen LogP contribution in [0.5, 0.6) is 5.88 Å². The predicted octanol–water partition coefficient (Wildman–Crippen LogP) is 2.19. The fourth-order valence-electron chi connectivity index (χ4n) is 3.04. The molecule has 0 atom stereocenters. The molecule has 1 aromatic carbocycles. The van der Waals surface area contributed by atoms with Gasteiger partial charge in [-0.15, -0.1) is 0 Å². The number of allylic oxidation sites excluding steroid dienone is 4. The van der Waals surface area contributed by atoms with Crippen LogP contribution < -0.4 is 15.2 Å². The Balaban J connectivity index is 2.10. The van der Waals surface area contributed by atoms with Gasteiger partial charge in [-0.05, 0) is 18.1 Å². The number of aromatic nitrogens is 2. The molecule has 4 rings (SSSR count). The minimum atomic E-state index is -0.317. The second kappa shape index (κ2) is 6.39. The molecule has 0 fully saturated rings. The van der Waals surface area contributed by atoms with Crippen LogP contribution in [-0.2, 0) is 9.47 Å². The van der Waals surface area contributed by atoms with Gasteiger partial charge in [0.05, 0.1) is 18.9 Å². The summed E-state index contributed by atoms with van der Waals surface area (Å²) in [5.41, 5.74) is 2.51. The lowest BCUT2D eigenvalue weighted by Crippen LogP contribution is -2.32. The van der Waals surface area contributed by atoms with E-state index in [4.69, 9.17) is 14.2 Å². The number of benzene rings is 1. The van der Waals surface area contributed by atoms with Crippen molar-refractivity contribution in [2.24, 2.45) is 0 Å². The third-order valence-electron chi connectivity index (χ3n) is 4.12. The number of methoxy groups -OCH3 is 1. The van der Waals surface area contributed by atoms with Crippen LogP contribution in [-0.4, -0.2) is 23.9 Å². The van der Waals surface area contributed by atoms with Crippen molar-refractivity contribution < 1.29 is 18.6 Å². The molecular weight excluding hydrogens is 323 g/mol. The monoisotopic (exact) mass is 338 g/mol. The first-order chi connectivity index (χ1) is 12.3. The molecule has 126 valence electrons. The lowest BCUT2D eigenvalue weighted by molar-refractivity contribution is 0.0527. The van der Waals surface area contributed by atoms with Crippen molar-refractivity contribution in [3.05, 3.63) is 64.9 Å². The van der Waals surface area contributed by atoms with Crippen LogP contribution in [0.25, 0.3) is 23.0 Å². The van der Waals surface area contributed by atoms with Gasteiger partial charge in [0, 0.05) is 28.3 Å². The van der Waals surface area contributed by atoms with Gasteiger partial charge in [0.1, 0.15) is 17.9 Å². The minimum Gasteiger partial charge on any atom is -0.480 e. The highest BCUT2D eigenvalue weighted by molar-refractivity contribution is 5.76. The van der Waals surface area contributed by atoms with Crippen molar-refractivity contribution in [1.29, 1.82) is 0 Å². The maximum atomic E-state index is 13.7. The van der Waals surface area contributed by atoms with Crippen molar-refractivity contribution in [2.75, 3.05) is 13.9 Å². The topological polar surface area (TPSA) is 53.5 Å². The summed E-state index contributed by atoms with van der Waals surface area (Å²) in [6, 6.07) is 5.82. The third-order valence-corrected chi connectivity index (χ3v) is 4.12. The molecule has 1 aliphatic carbocycles. The van der Waals surface area contributed by atoms with Gasteiger partial charge in [0.25, 0.3) is 0 Å². The van der Waals surface area contributed by atoms with Crippen LogP contribution in [0.3, 0.4) is 0 Å². The highest BCUT2D eigenvalue weighted by Gasteiger charge is 2.19. The number of hydrogen-bond donors (Lipinski definition) is 0. The molecule has 0 unspecified atom stereocenters. The minimum absolute atomic E-state index is 0.0318. The molecule has 0 saturated heterocycles. The molecule has 2 heterocycles. The molecule has 1 aliphatic heterocycles. The Labute approximate surface area is 143 Å². The molecule has 0 radical (unpaired) electrons. The molecule has 0 bridgehead atoms. The van der Waals surface area contributed by atoms with Gasteiger partial charge in [-0.1, -0.05) is 18.2 Å². The summed E-state index contributed by atoms with van der Waals surface area (Å²) in [5, 5.41) is 1.77. The van der Waals surface area contributed by atoms with Crippen molar-refractivity contribution >= 4 is 11.8 Å². The normalized spacial score (nSPS) is 15.8. The summed E-state index contributed by atoms with van der Waals surface area (Å²) >= 11 is 0. The van der Waals surface area contributed by atoms with Crippen molar-refractivity contribution in [3.8, 4) is 17.0 Å². The standard InChI is InChI=1S/C19H15FN2O3/c1-23-19-16(8-21-10-22-19)14-4-2-3-12-9-24-11-25-17-7-13(20)5-6-15(17)18(12)14/h2-5,7-10H,6,11H2,1H3. The summed E-state index contributed by atoms with van der Waals surface area (Å²) in [4.78, 5) is 8.30. The third kappa shape index (κ3) is 2.76. The number of fused-ring (bicyclic) bond motifs is 2. The Hall–Kier alpha value is -3.15. The van der Waals surface area contributed by atoms with E-state index < -0.39 is 0 Å². The molecule has 1 aromatic heterocycles. The van der Waals surface area contributed by atoms with Gasteiger partial charge in [-0.2, -0.15) is 0 Å². The van der Waals surface area contributed by atoms with Crippen LogP contribution >= 0.6 is 0 Å². The van der Waals surface area contributed by atoms with E-state index in [1.165, 1.54) is 18.5 Å². The van der Waals surface area contributed by atoms with Crippen LogP contribution in [0, 0.1) is 0 Å². The first kappa shape index (κ1) is 15.4. The second-order valence-electron chi connectivity index (χ2n) is 5.54. The smallest absolute Gasteiger partial charge is 0.230 e. The maximum absolute atomic E-state index is 13.7. The van der Waals surface area contributed by atoms with E-state index in [1.807, 2.05) is 18.2 Å². The lowest BCUT2D eigenvalue weighted by Gasteiger charge is -2.19. The summed E-state index contributed by atoms with van der Waals surface area (Å²) in [5.74, 6) is 0.622.